The molecular weight excluding hydrogens is 306 g/mol. The molecule has 126 valence electrons. The van der Waals surface area contributed by atoms with Crippen LogP contribution in [0.4, 0.5) is 0 Å². The molecule has 0 bridgehead atoms. The lowest BCUT2D eigenvalue weighted by atomic mass is 9.85. The first kappa shape index (κ1) is 16.2. The van der Waals surface area contributed by atoms with Crippen LogP contribution in [-0.4, -0.2) is 45.1 Å². The summed E-state index contributed by atoms with van der Waals surface area (Å²) < 4.78 is 1.73. The summed E-state index contributed by atoms with van der Waals surface area (Å²) in [4.78, 5) is 30.1. The summed E-state index contributed by atoms with van der Waals surface area (Å²) in [7, 11) is 3.67. The second-order valence-corrected chi connectivity index (χ2v) is 6.15. The van der Waals surface area contributed by atoms with Crippen molar-refractivity contribution >= 4 is 11.8 Å². The average Bonchev–Trinajstić information content (AvgIpc) is 3.02. The second-order valence-electron chi connectivity index (χ2n) is 6.15. The third kappa shape index (κ3) is 3.29. The molecule has 0 aliphatic carbocycles. The number of likely N-dealkylation sites (tertiary alicyclic amines) is 1. The Morgan fingerprint density at radius 1 is 1.38 bits per heavy atom. The van der Waals surface area contributed by atoms with Gasteiger partial charge in [-0.2, -0.15) is 5.10 Å². The van der Waals surface area contributed by atoms with E-state index in [-0.39, 0.29) is 23.8 Å². The van der Waals surface area contributed by atoms with E-state index in [1.54, 1.807) is 40.3 Å². The van der Waals surface area contributed by atoms with Crippen molar-refractivity contribution in [3.05, 3.63) is 48.0 Å². The number of piperidine rings is 1. The summed E-state index contributed by atoms with van der Waals surface area (Å²) in [6, 6.07) is 3.40. The van der Waals surface area contributed by atoms with E-state index < -0.39 is 0 Å². The Hall–Kier alpha value is -2.70. The highest BCUT2D eigenvalue weighted by Gasteiger charge is 2.35. The van der Waals surface area contributed by atoms with E-state index in [0.717, 1.165) is 12.0 Å². The van der Waals surface area contributed by atoms with Gasteiger partial charge in [-0.15, -0.1) is 0 Å². The van der Waals surface area contributed by atoms with E-state index in [1.807, 2.05) is 20.3 Å². The number of carbonyl (C=O) groups excluding carboxylic acids is 2. The molecule has 3 heterocycles. The van der Waals surface area contributed by atoms with E-state index in [9.17, 15) is 9.59 Å². The van der Waals surface area contributed by atoms with Crippen LogP contribution in [0.15, 0.2) is 36.9 Å². The van der Waals surface area contributed by atoms with Gasteiger partial charge in [0.1, 0.15) is 0 Å². The van der Waals surface area contributed by atoms with Gasteiger partial charge < -0.3 is 10.2 Å². The molecule has 0 radical (unpaired) electrons. The van der Waals surface area contributed by atoms with Gasteiger partial charge in [0.05, 0.1) is 17.8 Å². The number of aryl methyl sites for hydroxylation is 1. The number of rotatable bonds is 4. The molecule has 24 heavy (non-hydrogen) atoms. The number of nitrogens with zero attached hydrogens (tertiary/aromatic N) is 4. The molecule has 0 unspecified atom stereocenters. The normalized spacial score (nSPS) is 20.9. The zero-order valence-corrected chi connectivity index (χ0v) is 13.8. The van der Waals surface area contributed by atoms with Gasteiger partial charge in [-0.25, -0.2) is 0 Å². The minimum absolute atomic E-state index is 0.0749. The molecule has 0 aromatic carbocycles. The number of amides is 2. The molecule has 2 atom stereocenters. The average molecular weight is 327 g/mol. The fraction of sp³-hybridized carbons (Fsp3) is 0.412. The fourth-order valence-electron chi connectivity index (χ4n) is 3.24. The molecule has 2 amide bonds. The van der Waals surface area contributed by atoms with Gasteiger partial charge in [-0.3, -0.25) is 19.3 Å². The number of pyridine rings is 1. The topological polar surface area (TPSA) is 80.1 Å². The molecule has 1 fully saturated rings. The van der Waals surface area contributed by atoms with Crippen molar-refractivity contribution in [1.29, 1.82) is 0 Å². The van der Waals surface area contributed by atoms with Crippen LogP contribution in [0, 0.1) is 5.92 Å². The zero-order chi connectivity index (χ0) is 17.1. The second kappa shape index (κ2) is 6.82. The number of nitrogens with one attached hydrogen (secondary N) is 1. The van der Waals surface area contributed by atoms with Crippen LogP contribution in [0.3, 0.4) is 0 Å². The summed E-state index contributed by atoms with van der Waals surface area (Å²) in [5.74, 6) is 0.129. The maximum Gasteiger partial charge on any atom is 0.252 e. The molecule has 1 aliphatic rings. The quantitative estimate of drug-likeness (QED) is 0.914. The minimum atomic E-state index is -0.146. The van der Waals surface area contributed by atoms with Crippen molar-refractivity contribution in [3.8, 4) is 0 Å². The molecule has 1 N–H and O–H groups in total. The largest absolute Gasteiger partial charge is 0.352 e. The van der Waals surface area contributed by atoms with Crippen LogP contribution in [0.5, 0.6) is 0 Å². The highest BCUT2D eigenvalue weighted by molar-refractivity contribution is 5.93. The Labute approximate surface area is 140 Å². The van der Waals surface area contributed by atoms with Gasteiger partial charge in [0, 0.05) is 57.1 Å². The first-order chi connectivity index (χ1) is 11.6. The Morgan fingerprint density at radius 3 is 2.88 bits per heavy atom. The molecule has 3 rings (SSSR count). The smallest absolute Gasteiger partial charge is 0.252 e. The van der Waals surface area contributed by atoms with Gasteiger partial charge in [0.15, 0.2) is 0 Å². The molecule has 1 aliphatic heterocycles. The first-order valence-electron chi connectivity index (χ1n) is 7.98. The standard InChI is InChI=1S/C17H21N5O2/c1-21-11-14(10-20-21)16-12(5-6-15(23)22(16)2)9-19-17(24)13-4-3-7-18-8-13/h3-4,7-8,10-12,16H,5-6,9H2,1-2H3,(H,19,24)/t12-,16+/m1/s1. The van der Waals surface area contributed by atoms with Crippen molar-refractivity contribution in [2.24, 2.45) is 13.0 Å². The Kier molecular flexibility index (Phi) is 4.59. The van der Waals surface area contributed by atoms with Crippen LogP contribution in [0.1, 0.15) is 34.8 Å². The minimum Gasteiger partial charge on any atom is -0.352 e. The zero-order valence-electron chi connectivity index (χ0n) is 13.8. The lowest BCUT2D eigenvalue weighted by Gasteiger charge is -2.38. The van der Waals surface area contributed by atoms with Crippen molar-refractivity contribution in [3.63, 3.8) is 0 Å². The SMILES string of the molecule is CN1C(=O)CC[C@H](CNC(=O)c2cccnc2)[C@H]1c1cnn(C)c1. The Bertz CT molecular complexity index is 728. The number of carbonyl (C=O) groups is 2. The predicted molar refractivity (Wildman–Crippen MR) is 88.0 cm³/mol. The van der Waals surface area contributed by atoms with Crippen LogP contribution >= 0.6 is 0 Å². The van der Waals surface area contributed by atoms with Gasteiger partial charge >= 0.3 is 0 Å². The van der Waals surface area contributed by atoms with Crippen LogP contribution < -0.4 is 5.32 Å². The third-order valence-corrected chi connectivity index (χ3v) is 4.50. The molecule has 2 aromatic heterocycles. The summed E-state index contributed by atoms with van der Waals surface area (Å²) in [6.45, 7) is 0.505. The summed E-state index contributed by atoms with van der Waals surface area (Å²) in [5.41, 5.74) is 1.53. The first-order valence-corrected chi connectivity index (χ1v) is 7.98. The van der Waals surface area contributed by atoms with Gasteiger partial charge in [-0.05, 0) is 18.6 Å². The van der Waals surface area contributed by atoms with Crippen LogP contribution in [0.25, 0.3) is 0 Å². The monoisotopic (exact) mass is 327 g/mol. The van der Waals surface area contributed by atoms with Gasteiger partial charge in [0.25, 0.3) is 5.91 Å². The van der Waals surface area contributed by atoms with Gasteiger partial charge in [-0.1, -0.05) is 0 Å². The van der Waals surface area contributed by atoms with Gasteiger partial charge in [0.2, 0.25) is 5.91 Å². The van der Waals surface area contributed by atoms with E-state index in [4.69, 9.17) is 0 Å². The lowest BCUT2D eigenvalue weighted by molar-refractivity contribution is -0.136. The summed E-state index contributed by atoms with van der Waals surface area (Å²) >= 11 is 0. The molecular formula is C17H21N5O2. The summed E-state index contributed by atoms with van der Waals surface area (Å²) in [6.07, 6.45) is 8.14. The van der Waals surface area contributed by atoms with Crippen molar-refractivity contribution in [2.45, 2.75) is 18.9 Å². The number of aromatic nitrogens is 3. The van der Waals surface area contributed by atoms with E-state index >= 15 is 0 Å². The van der Waals surface area contributed by atoms with E-state index in [2.05, 4.69) is 15.4 Å². The van der Waals surface area contributed by atoms with Crippen molar-refractivity contribution in [1.82, 2.24) is 25.0 Å². The molecule has 0 spiro atoms. The molecule has 7 heteroatoms. The Balaban J connectivity index is 1.72. The molecule has 2 aromatic rings. The predicted octanol–water partition coefficient (Wildman–Crippen LogP) is 1.15. The number of hydrogen-bond acceptors (Lipinski definition) is 4. The maximum atomic E-state index is 12.2. The highest BCUT2D eigenvalue weighted by Crippen LogP contribution is 2.35. The highest BCUT2D eigenvalue weighted by atomic mass is 16.2. The van der Waals surface area contributed by atoms with Crippen molar-refractivity contribution < 1.29 is 9.59 Å². The van der Waals surface area contributed by atoms with E-state index in [0.29, 0.717) is 18.5 Å². The molecule has 7 nitrogen and oxygen atoms in total. The summed E-state index contributed by atoms with van der Waals surface area (Å²) in [5, 5.41) is 7.18. The molecule has 0 saturated carbocycles. The van der Waals surface area contributed by atoms with Crippen LogP contribution in [-0.2, 0) is 11.8 Å². The fourth-order valence-corrected chi connectivity index (χ4v) is 3.24. The maximum absolute atomic E-state index is 12.2. The van der Waals surface area contributed by atoms with Crippen molar-refractivity contribution in [2.75, 3.05) is 13.6 Å². The number of hydrogen-bond donors (Lipinski definition) is 1. The molecule has 1 saturated heterocycles. The Morgan fingerprint density at radius 2 is 2.21 bits per heavy atom. The third-order valence-electron chi connectivity index (χ3n) is 4.50. The van der Waals surface area contributed by atoms with E-state index in [1.165, 1.54) is 0 Å². The lowest BCUT2D eigenvalue weighted by Crippen LogP contribution is -2.44. The van der Waals surface area contributed by atoms with Crippen LogP contribution in [0.2, 0.25) is 0 Å².